The minimum atomic E-state index is -5.77. The van der Waals surface area contributed by atoms with Gasteiger partial charge in [-0.3, -0.25) is 19.4 Å². The summed E-state index contributed by atoms with van der Waals surface area (Å²) in [6.45, 7) is 31.6. The quantitative estimate of drug-likeness (QED) is 0.0177. The summed E-state index contributed by atoms with van der Waals surface area (Å²) in [5.74, 6) is -0.714. The minimum Gasteiger partial charge on any atom is -0.497 e. The zero-order valence-corrected chi connectivity index (χ0v) is 59.9. The Morgan fingerprint density at radius 2 is 1.26 bits per heavy atom. The number of rotatable bonds is 18. The molecule has 6 aliphatic rings. The Bertz CT molecular complexity index is 2840. The van der Waals surface area contributed by atoms with Gasteiger partial charge in [-0.1, -0.05) is 80.3 Å². The van der Waals surface area contributed by atoms with Crippen molar-refractivity contribution in [3.63, 3.8) is 0 Å². The topological polar surface area (TPSA) is 248 Å². The van der Waals surface area contributed by atoms with E-state index in [9.17, 15) is 45.5 Å². The number of fused-ring (bicyclic) bond motifs is 2. The highest BCUT2D eigenvalue weighted by Gasteiger charge is 2.54. The molecule has 4 aliphatic heterocycles. The van der Waals surface area contributed by atoms with Gasteiger partial charge in [-0.2, -0.15) is 26.3 Å². The van der Waals surface area contributed by atoms with E-state index in [0.29, 0.717) is 40.6 Å². The number of methoxy groups -OCH3 is 7. The summed E-state index contributed by atoms with van der Waals surface area (Å²) in [6, 6.07) is 11.4. The molecule has 2 aliphatic carbocycles. The zero-order chi connectivity index (χ0) is 73.5. The van der Waals surface area contributed by atoms with Crippen molar-refractivity contribution in [2.24, 2.45) is 35.5 Å². The molecule has 4 heterocycles. The van der Waals surface area contributed by atoms with E-state index in [0.717, 1.165) is 132 Å². The maximum Gasteiger partial charge on any atom is 0.458 e. The van der Waals surface area contributed by atoms with Gasteiger partial charge in [-0.25, -0.2) is 9.59 Å². The number of morpholine rings is 1. The third-order valence-corrected chi connectivity index (χ3v) is 14.9. The molecule has 4 saturated heterocycles. The number of carbonyl (C=O) groups excluding carboxylic acids is 4. The fourth-order valence-corrected chi connectivity index (χ4v) is 9.76. The number of aliphatic hydroxyl groups excluding tert-OH is 1. The Labute approximate surface area is 577 Å². The van der Waals surface area contributed by atoms with E-state index >= 15 is 0 Å². The molecule has 20 nitrogen and oxygen atoms in total. The van der Waals surface area contributed by atoms with Crippen LogP contribution in [0.15, 0.2) is 145 Å². The number of aliphatic hydroxyl groups is 1. The summed E-state index contributed by atoms with van der Waals surface area (Å²) in [5.41, 5.74) is 6.19. The highest BCUT2D eigenvalue weighted by molar-refractivity contribution is 6.41. The number of ketones is 2. The SMILES string of the molecule is C1=CC2CNCC2C=C1CN1CCOCC1.C=C/C(=C\C(=C\C)OC)OC.C=CC1CNCC1/C=C/CNCC.CCO.CNC.COC.COC(=O)C1=CC2CN(Cc3ccc(OC)cc3OC)CC2C=C1.COC(=O)c1ccc(C)c(C)c1.O.O=C(C(=O)C(F)(F)F)C(F)(F)F. The Morgan fingerprint density at radius 3 is 1.77 bits per heavy atom. The van der Waals surface area contributed by atoms with Gasteiger partial charge in [0.1, 0.15) is 23.0 Å². The molecular formula is C72H110F6N6O14. The lowest BCUT2D eigenvalue weighted by molar-refractivity contribution is -0.193. The normalized spacial score (nSPS) is 19.7. The molecule has 2 aromatic carbocycles. The van der Waals surface area contributed by atoms with Crippen LogP contribution >= 0.6 is 0 Å². The number of carbonyl (C=O) groups is 4. The third kappa shape index (κ3) is 36.6. The fourth-order valence-electron chi connectivity index (χ4n) is 9.76. The molecule has 0 radical (unpaired) electrons. The summed E-state index contributed by atoms with van der Waals surface area (Å²) in [4.78, 5) is 46.9. The Balaban J connectivity index is 0. The number of likely N-dealkylation sites (N-methyl/N-ethyl adjacent to an activating group) is 1. The second kappa shape index (κ2) is 52.8. The molecule has 554 valence electrons. The maximum absolute atomic E-state index is 11.7. The van der Waals surface area contributed by atoms with E-state index < -0.39 is 23.9 Å². The monoisotopic (exact) mass is 1400 g/mol. The number of likely N-dealkylation sites (tertiary alicyclic amines) is 1. The Kier molecular flexibility index (Phi) is 50.0. The van der Waals surface area contributed by atoms with E-state index in [-0.39, 0.29) is 24.0 Å². The van der Waals surface area contributed by atoms with Crippen LogP contribution in [0.3, 0.4) is 0 Å². The largest absolute Gasteiger partial charge is 0.497 e. The second-order valence-corrected chi connectivity index (χ2v) is 22.1. The fraction of sp³-hybridized carbons (Fsp3) is 0.528. The molecule has 0 saturated carbocycles. The molecular weight excluding hydrogens is 1290 g/mol. The van der Waals surface area contributed by atoms with Crippen molar-refractivity contribution in [3.05, 3.63) is 167 Å². The first-order valence-corrected chi connectivity index (χ1v) is 31.8. The van der Waals surface area contributed by atoms with E-state index in [2.05, 4.69) is 103 Å². The van der Waals surface area contributed by atoms with E-state index in [4.69, 9.17) is 33.5 Å². The first-order valence-electron chi connectivity index (χ1n) is 31.8. The first kappa shape index (κ1) is 92.8. The smallest absolute Gasteiger partial charge is 0.458 e. The molecule has 0 bridgehead atoms. The van der Waals surface area contributed by atoms with E-state index in [1.165, 1.54) is 25.4 Å². The van der Waals surface area contributed by atoms with Crippen molar-refractivity contribution < 1.29 is 94.0 Å². The first-order chi connectivity index (χ1) is 46.2. The lowest BCUT2D eigenvalue weighted by atomic mass is 9.88. The van der Waals surface area contributed by atoms with Gasteiger partial charge >= 0.3 is 35.9 Å². The molecule has 26 heteroatoms. The number of alkyl halides is 6. The summed E-state index contributed by atoms with van der Waals surface area (Å²) in [7, 11) is 16.3. The summed E-state index contributed by atoms with van der Waals surface area (Å²) in [6.07, 6.45) is 13.5. The van der Waals surface area contributed by atoms with Crippen molar-refractivity contribution in [1.82, 2.24) is 31.1 Å². The van der Waals surface area contributed by atoms with E-state index in [1.807, 2.05) is 83.4 Å². The van der Waals surface area contributed by atoms with Crippen LogP contribution < -0.4 is 30.7 Å². The van der Waals surface area contributed by atoms with Crippen LogP contribution in [0.2, 0.25) is 0 Å². The van der Waals surface area contributed by atoms with Crippen LogP contribution in [0.25, 0.3) is 0 Å². The number of esters is 2. The number of aryl methyl sites for hydroxylation is 2. The molecule has 6 atom stereocenters. The van der Waals surface area contributed by atoms with Gasteiger partial charge in [0.05, 0.1) is 67.0 Å². The van der Waals surface area contributed by atoms with Gasteiger partial charge in [-0.05, 0) is 131 Å². The number of nitrogens with zero attached hydrogens (tertiary/aromatic N) is 2. The minimum absolute atomic E-state index is 0. The zero-order valence-electron chi connectivity index (χ0n) is 59.9. The molecule has 8 rings (SSSR count). The lowest BCUT2D eigenvalue weighted by Gasteiger charge is -2.28. The van der Waals surface area contributed by atoms with Crippen LogP contribution in [0.5, 0.6) is 11.5 Å². The highest BCUT2D eigenvalue weighted by Crippen LogP contribution is 2.34. The molecule has 0 amide bonds. The van der Waals surface area contributed by atoms with Crippen LogP contribution in [-0.2, 0) is 49.3 Å². The lowest BCUT2D eigenvalue weighted by Crippen LogP contribution is -2.39. The molecule has 6 unspecified atom stereocenters. The number of hydrogen-bond donors (Lipinski definition) is 5. The van der Waals surface area contributed by atoms with Crippen LogP contribution in [0.4, 0.5) is 26.3 Å². The van der Waals surface area contributed by atoms with Gasteiger partial charge in [0, 0.05) is 111 Å². The molecule has 98 heavy (non-hydrogen) atoms. The third-order valence-electron chi connectivity index (χ3n) is 14.9. The van der Waals surface area contributed by atoms with Crippen LogP contribution in [0, 0.1) is 49.4 Å². The van der Waals surface area contributed by atoms with Crippen LogP contribution in [0.1, 0.15) is 47.8 Å². The summed E-state index contributed by atoms with van der Waals surface area (Å²) in [5, 5.41) is 20.4. The average Bonchev–Trinajstić information content (AvgIpc) is 1.64. The number of nitrogens with one attached hydrogen (secondary N) is 4. The number of benzene rings is 2. The number of allylic oxidation sites excluding steroid dienone is 3. The molecule has 2 aromatic rings. The molecule has 4 fully saturated rings. The Hall–Kier alpha value is -7.24. The van der Waals surface area contributed by atoms with E-state index in [1.54, 1.807) is 67.8 Å². The van der Waals surface area contributed by atoms with Crippen molar-refractivity contribution in [1.29, 1.82) is 0 Å². The van der Waals surface area contributed by atoms with Gasteiger partial charge in [0.15, 0.2) is 0 Å². The number of Topliss-reactive ketones (excluding diaryl/α,β-unsaturated/α-hetero) is 2. The van der Waals surface area contributed by atoms with Gasteiger partial charge in [0.2, 0.25) is 0 Å². The summed E-state index contributed by atoms with van der Waals surface area (Å²) < 4.78 is 107. The number of halogens is 6. The van der Waals surface area contributed by atoms with Gasteiger partial charge in [0.25, 0.3) is 0 Å². The van der Waals surface area contributed by atoms with Crippen molar-refractivity contribution in [2.75, 3.05) is 163 Å². The second-order valence-electron chi connectivity index (χ2n) is 22.1. The molecule has 0 aromatic heterocycles. The molecule has 0 spiro atoms. The van der Waals surface area contributed by atoms with Gasteiger partial charge < -0.3 is 69.7 Å². The standard InChI is InChI=1S/C19H23NO4.C13H20N2O.C11H20N2.C10H12O2.C9H14O2.C4F6O2.C2H7N.2C2H6O.H2O/c1-22-17-7-6-15(18(9-17)23-2)11-20-10-14-5-4-13(19(21)24-3)8-16(14)12-20;1-2-12-8-14-9-13(12)7-11(1)10-15-3-5-16-6-4-15;1-3-10-8-13-9-11(10)6-5-7-12-4-2;1-7-4-5-9(6-8(7)2)10(11)12-3;1-5-8(10-3)7-9(6-2)11-4;5-3(6,7)1(11)2(12)4(8,9)10;2*1-3-2;1-2-3;/h4-9,14,16H,10-12H2,1-3H3;1-2,7,12-14H,3-6,8-10H2;3,5-6,10-13H,1,4,7-9H2,2H3;4-6H,1-3H3;5-7H,1H2,2-4H3;;3H,1-2H3;1-2H3;3H,2H2,1H3;1H2/b;;6-5+;;8-7+,9-6-;;;;;. The highest BCUT2D eigenvalue weighted by atomic mass is 19.4. The Morgan fingerprint density at radius 1 is 0.694 bits per heavy atom. The van der Waals surface area contributed by atoms with Crippen molar-refractivity contribution >= 4 is 23.5 Å². The maximum atomic E-state index is 11.7. The average molecular weight is 1400 g/mol. The predicted molar refractivity (Wildman–Crippen MR) is 373 cm³/mol. The van der Waals surface area contributed by atoms with Crippen LogP contribution in [-0.4, -0.2) is 219 Å². The van der Waals surface area contributed by atoms with Gasteiger partial charge in [-0.15, -0.1) is 6.58 Å². The molecule has 7 N–H and O–H groups in total. The number of hydrogen-bond acceptors (Lipinski definition) is 19. The van der Waals surface area contributed by atoms with Crippen molar-refractivity contribution in [3.8, 4) is 11.5 Å². The summed E-state index contributed by atoms with van der Waals surface area (Å²) >= 11 is 0. The number of ether oxygens (including phenoxy) is 8. The predicted octanol–water partition coefficient (Wildman–Crippen LogP) is 9.11. The van der Waals surface area contributed by atoms with Crippen molar-refractivity contribution in [2.45, 2.75) is 53.5 Å².